The monoisotopic (exact) mass is 434 g/mol. The zero-order valence-corrected chi connectivity index (χ0v) is 17.2. The van der Waals surface area contributed by atoms with Gasteiger partial charge in [-0.2, -0.15) is 0 Å². The van der Waals surface area contributed by atoms with E-state index in [0.717, 1.165) is 22.0 Å². The molecule has 10 heteroatoms. The van der Waals surface area contributed by atoms with E-state index in [1.54, 1.807) is 0 Å². The van der Waals surface area contributed by atoms with Gasteiger partial charge in [0.2, 0.25) is 21.1 Å². The normalized spacial score (nSPS) is 11.6. The Labute approximate surface area is 172 Å². The first-order chi connectivity index (χ1) is 13.9. The van der Waals surface area contributed by atoms with Crippen LogP contribution in [0.5, 0.6) is 0 Å². The lowest BCUT2D eigenvalue weighted by Crippen LogP contribution is -2.28. The summed E-state index contributed by atoms with van der Waals surface area (Å²) in [6, 6.07) is 14.1. The van der Waals surface area contributed by atoms with Gasteiger partial charge in [-0.3, -0.25) is 4.79 Å². The summed E-state index contributed by atoms with van der Waals surface area (Å²) < 4.78 is 39.0. The minimum absolute atomic E-state index is 0.00755. The van der Waals surface area contributed by atoms with E-state index in [1.165, 1.54) is 30.5 Å². The first kappa shape index (κ1) is 21.0. The number of nitrogens with one attached hydrogen (secondary N) is 1. The fourth-order valence-corrected chi connectivity index (χ4v) is 4.50. The first-order valence-electron chi connectivity index (χ1n) is 8.77. The molecule has 3 rings (SSSR count). The smallest absolute Gasteiger partial charge is 0.242 e. The minimum atomic E-state index is -3.73. The SMILES string of the molecule is CN(CCCC(=O)Nc1nnc(-c2ccccc2)s1)S(=O)(=O)c1ccc(F)cc1. The van der Waals surface area contributed by atoms with Crippen LogP contribution < -0.4 is 5.32 Å². The molecule has 3 aromatic rings. The zero-order valence-electron chi connectivity index (χ0n) is 15.6. The van der Waals surface area contributed by atoms with Crippen molar-refractivity contribution in [3.05, 3.63) is 60.4 Å². The van der Waals surface area contributed by atoms with Crippen LogP contribution in [-0.2, 0) is 14.8 Å². The van der Waals surface area contributed by atoms with Crippen LogP contribution in [0.3, 0.4) is 0 Å². The van der Waals surface area contributed by atoms with Gasteiger partial charge in [-0.25, -0.2) is 17.1 Å². The second kappa shape index (κ2) is 9.21. The van der Waals surface area contributed by atoms with Crippen molar-refractivity contribution in [1.82, 2.24) is 14.5 Å². The Morgan fingerprint density at radius 3 is 2.48 bits per heavy atom. The van der Waals surface area contributed by atoms with Crippen molar-refractivity contribution in [3.63, 3.8) is 0 Å². The number of carbonyl (C=O) groups is 1. The molecule has 0 fully saturated rings. The molecule has 0 aliphatic carbocycles. The average molecular weight is 435 g/mol. The summed E-state index contributed by atoms with van der Waals surface area (Å²) in [6.45, 7) is 0.151. The van der Waals surface area contributed by atoms with Crippen molar-refractivity contribution < 1.29 is 17.6 Å². The molecule has 7 nitrogen and oxygen atoms in total. The highest BCUT2D eigenvalue weighted by Crippen LogP contribution is 2.26. The van der Waals surface area contributed by atoms with E-state index >= 15 is 0 Å². The molecule has 1 N–H and O–H groups in total. The number of aromatic nitrogens is 2. The van der Waals surface area contributed by atoms with Gasteiger partial charge in [0.1, 0.15) is 10.8 Å². The highest BCUT2D eigenvalue weighted by atomic mass is 32.2. The van der Waals surface area contributed by atoms with E-state index in [-0.39, 0.29) is 23.8 Å². The van der Waals surface area contributed by atoms with Crippen molar-refractivity contribution in [2.24, 2.45) is 0 Å². The quantitative estimate of drug-likeness (QED) is 0.587. The van der Waals surface area contributed by atoms with Crippen molar-refractivity contribution in [2.45, 2.75) is 17.7 Å². The lowest BCUT2D eigenvalue weighted by molar-refractivity contribution is -0.116. The van der Waals surface area contributed by atoms with E-state index in [9.17, 15) is 17.6 Å². The molecule has 2 aromatic carbocycles. The second-order valence-electron chi connectivity index (χ2n) is 6.21. The van der Waals surface area contributed by atoms with Gasteiger partial charge in [0.15, 0.2) is 0 Å². The third-order valence-corrected chi connectivity index (χ3v) is 6.85. The Morgan fingerprint density at radius 1 is 1.10 bits per heavy atom. The van der Waals surface area contributed by atoms with Crippen LogP contribution in [0.25, 0.3) is 10.6 Å². The van der Waals surface area contributed by atoms with Crippen LogP contribution in [0.1, 0.15) is 12.8 Å². The summed E-state index contributed by atoms with van der Waals surface area (Å²) in [5, 5.41) is 11.8. The third-order valence-electron chi connectivity index (χ3n) is 4.09. The molecule has 0 atom stereocenters. The van der Waals surface area contributed by atoms with E-state index in [2.05, 4.69) is 15.5 Å². The maximum Gasteiger partial charge on any atom is 0.242 e. The average Bonchev–Trinajstić information content (AvgIpc) is 3.17. The largest absolute Gasteiger partial charge is 0.301 e. The summed E-state index contributed by atoms with van der Waals surface area (Å²) in [5.74, 6) is -0.774. The number of benzene rings is 2. The lowest BCUT2D eigenvalue weighted by Gasteiger charge is -2.16. The molecule has 0 radical (unpaired) electrons. The molecule has 0 aliphatic heterocycles. The fraction of sp³-hybridized carbons (Fsp3) is 0.211. The molecule has 0 bridgehead atoms. The summed E-state index contributed by atoms with van der Waals surface area (Å²) in [6.07, 6.45) is 0.455. The van der Waals surface area contributed by atoms with E-state index in [1.807, 2.05) is 30.3 Å². The Morgan fingerprint density at radius 2 is 1.79 bits per heavy atom. The van der Waals surface area contributed by atoms with Gasteiger partial charge in [-0.05, 0) is 30.7 Å². The highest BCUT2D eigenvalue weighted by Gasteiger charge is 2.20. The summed E-state index contributed by atoms with van der Waals surface area (Å²) in [5.41, 5.74) is 0.915. The molecular formula is C19H19FN4O3S2. The molecule has 0 spiro atoms. The van der Waals surface area contributed by atoms with Crippen LogP contribution >= 0.6 is 11.3 Å². The number of anilines is 1. The summed E-state index contributed by atoms with van der Waals surface area (Å²) in [7, 11) is -2.30. The molecule has 1 heterocycles. The van der Waals surface area contributed by atoms with Crippen LogP contribution in [0.2, 0.25) is 0 Å². The number of sulfonamides is 1. The van der Waals surface area contributed by atoms with Crippen molar-refractivity contribution in [1.29, 1.82) is 0 Å². The summed E-state index contributed by atoms with van der Waals surface area (Å²) in [4.78, 5) is 12.1. The second-order valence-corrected chi connectivity index (χ2v) is 9.23. The van der Waals surface area contributed by atoms with Crippen LogP contribution in [0, 0.1) is 5.82 Å². The minimum Gasteiger partial charge on any atom is -0.301 e. The summed E-state index contributed by atoms with van der Waals surface area (Å²) >= 11 is 1.27. The first-order valence-corrected chi connectivity index (χ1v) is 11.0. The zero-order chi connectivity index (χ0) is 20.9. The van der Waals surface area contributed by atoms with Crippen LogP contribution in [0.4, 0.5) is 9.52 Å². The number of halogens is 1. The molecule has 152 valence electrons. The van der Waals surface area contributed by atoms with E-state index < -0.39 is 15.8 Å². The van der Waals surface area contributed by atoms with Crippen molar-refractivity contribution in [2.75, 3.05) is 18.9 Å². The third kappa shape index (κ3) is 5.43. The van der Waals surface area contributed by atoms with E-state index in [0.29, 0.717) is 16.6 Å². The maximum atomic E-state index is 13.0. The number of nitrogens with zero attached hydrogens (tertiary/aromatic N) is 3. The number of hydrogen-bond donors (Lipinski definition) is 1. The van der Waals surface area contributed by atoms with Gasteiger partial charge < -0.3 is 5.32 Å². The molecule has 0 aliphatic rings. The maximum absolute atomic E-state index is 13.0. The van der Waals surface area contributed by atoms with E-state index in [4.69, 9.17) is 0 Å². The number of amides is 1. The Balaban J connectivity index is 1.50. The Hall–Kier alpha value is -2.69. The van der Waals surface area contributed by atoms with Gasteiger partial charge in [0.25, 0.3) is 0 Å². The molecule has 0 saturated heterocycles. The number of carbonyl (C=O) groups excluding carboxylic acids is 1. The molecule has 0 unspecified atom stereocenters. The predicted molar refractivity (Wildman–Crippen MR) is 109 cm³/mol. The molecule has 1 amide bonds. The van der Waals surface area contributed by atoms with Crippen LogP contribution in [0.15, 0.2) is 59.5 Å². The predicted octanol–water partition coefficient (Wildman–Crippen LogP) is 3.38. The number of rotatable bonds is 8. The number of hydrogen-bond acceptors (Lipinski definition) is 6. The Bertz CT molecular complexity index is 1070. The van der Waals surface area contributed by atoms with Gasteiger partial charge in [-0.15, -0.1) is 10.2 Å². The van der Waals surface area contributed by atoms with Gasteiger partial charge in [0, 0.05) is 25.6 Å². The van der Waals surface area contributed by atoms with Crippen molar-refractivity contribution >= 4 is 32.4 Å². The molecule has 29 heavy (non-hydrogen) atoms. The lowest BCUT2D eigenvalue weighted by atomic mass is 10.2. The molecule has 1 aromatic heterocycles. The van der Waals surface area contributed by atoms with Crippen LogP contribution in [-0.4, -0.2) is 42.4 Å². The standard InChI is InChI=1S/C19H19FN4O3S2/c1-24(29(26,27)16-11-9-15(20)10-12-16)13-5-8-17(25)21-19-23-22-18(28-19)14-6-3-2-4-7-14/h2-4,6-7,9-12H,5,8,13H2,1H3,(H,21,23,25). The van der Waals surface area contributed by atoms with Gasteiger partial charge in [-0.1, -0.05) is 41.7 Å². The highest BCUT2D eigenvalue weighted by molar-refractivity contribution is 7.89. The molecular weight excluding hydrogens is 415 g/mol. The topological polar surface area (TPSA) is 92.3 Å². The molecule has 0 saturated carbocycles. The Kier molecular flexibility index (Phi) is 6.68. The van der Waals surface area contributed by atoms with Gasteiger partial charge in [0.05, 0.1) is 4.90 Å². The fourth-order valence-electron chi connectivity index (χ4n) is 2.52. The van der Waals surface area contributed by atoms with Crippen molar-refractivity contribution in [3.8, 4) is 10.6 Å². The van der Waals surface area contributed by atoms with Gasteiger partial charge >= 0.3 is 0 Å².